The predicted molar refractivity (Wildman–Crippen MR) is 101 cm³/mol. The highest BCUT2D eigenvalue weighted by Crippen LogP contribution is 2.25. The van der Waals surface area contributed by atoms with Crippen LogP contribution in [0.5, 0.6) is 0 Å². The molecule has 4 heterocycles. The molecule has 7 nitrogen and oxygen atoms in total. The van der Waals surface area contributed by atoms with Crippen molar-refractivity contribution < 1.29 is 0 Å². The Balaban J connectivity index is 1.54. The third-order valence-corrected chi connectivity index (χ3v) is 4.90. The van der Waals surface area contributed by atoms with Crippen LogP contribution < -0.4 is 4.90 Å². The second-order valence-electron chi connectivity index (χ2n) is 7.15. The van der Waals surface area contributed by atoms with E-state index in [1.807, 2.05) is 12.3 Å². The second-order valence-corrected chi connectivity index (χ2v) is 7.15. The third-order valence-electron chi connectivity index (χ3n) is 4.90. The molecule has 7 heteroatoms. The average Bonchev–Trinajstić information content (AvgIpc) is 3.01. The molecular weight excluding hydrogens is 326 g/mol. The molecule has 0 aromatic carbocycles. The highest BCUT2D eigenvalue weighted by Gasteiger charge is 2.20. The van der Waals surface area contributed by atoms with E-state index in [4.69, 9.17) is 0 Å². The molecule has 3 aromatic rings. The maximum absolute atomic E-state index is 4.63. The van der Waals surface area contributed by atoms with Gasteiger partial charge in [0, 0.05) is 38.9 Å². The first-order chi connectivity index (χ1) is 12.7. The topological polar surface area (TPSA) is 62.5 Å². The first kappa shape index (κ1) is 16.9. The highest BCUT2D eigenvalue weighted by atomic mass is 15.4. The normalized spacial score (nSPS) is 16.3. The van der Waals surface area contributed by atoms with E-state index in [9.17, 15) is 0 Å². The number of rotatable bonds is 4. The molecule has 0 spiro atoms. The van der Waals surface area contributed by atoms with Gasteiger partial charge in [0.2, 0.25) is 5.65 Å². The Morgan fingerprint density at radius 3 is 2.85 bits per heavy atom. The maximum atomic E-state index is 4.63. The van der Waals surface area contributed by atoms with Crippen molar-refractivity contribution in [2.75, 3.05) is 31.1 Å². The van der Waals surface area contributed by atoms with Crippen molar-refractivity contribution >= 4 is 11.3 Å². The van der Waals surface area contributed by atoms with Gasteiger partial charge in [0.25, 0.3) is 0 Å². The van der Waals surface area contributed by atoms with E-state index in [0.717, 1.165) is 61.9 Å². The van der Waals surface area contributed by atoms with Crippen LogP contribution in [0.25, 0.3) is 5.65 Å². The lowest BCUT2D eigenvalue weighted by molar-refractivity contribution is 0.282. The second kappa shape index (κ2) is 7.37. The minimum Gasteiger partial charge on any atom is -0.367 e. The largest absolute Gasteiger partial charge is 0.367 e. The van der Waals surface area contributed by atoms with Crippen LogP contribution in [-0.4, -0.2) is 55.9 Å². The summed E-state index contributed by atoms with van der Waals surface area (Å²) in [5, 5.41) is 13.0. The van der Waals surface area contributed by atoms with Gasteiger partial charge in [-0.1, -0.05) is 19.9 Å². The van der Waals surface area contributed by atoms with Gasteiger partial charge in [-0.3, -0.25) is 9.88 Å². The van der Waals surface area contributed by atoms with Gasteiger partial charge in [-0.2, -0.15) is 9.61 Å². The van der Waals surface area contributed by atoms with Crippen molar-refractivity contribution in [2.24, 2.45) is 0 Å². The average molecular weight is 351 g/mol. The summed E-state index contributed by atoms with van der Waals surface area (Å²) in [5.41, 5.74) is 4.18. The maximum Gasteiger partial charge on any atom is 0.200 e. The van der Waals surface area contributed by atoms with Crippen LogP contribution in [0.15, 0.2) is 36.8 Å². The summed E-state index contributed by atoms with van der Waals surface area (Å²) in [4.78, 5) is 9.37. The van der Waals surface area contributed by atoms with E-state index in [2.05, 4.69) is 62.1 Å². The number of fused-ring (bicyclic) bond motifs is 1. The van der Waals surface area contributed by atoms with Gasteiger partial charge in [-0.05, 0) is 30.5 Å². The van der Waals surface area contributed by atoms with Gasteiger partial charge < -0.3 is 4.90 Å². The summed E-state index contributed by atoms with van der Waals surface area (Å²) < 4.78 is 1.81. The zero-order chi connectivity index (χ0) is 17.9. The number of hydrogen-bond donors (Lipinski definition) is 0. The van der Waals surface area contributed by atoms with Crippen LogP contribution in [-0.2, 0) is 6.54 Å². The van der Waals surface area contributed by atoms with Crippen LogP contribution >= 0.6 is 0 Å². The molecule has 1 saturated heterocycles. The Labute approximate surface area is 153 Å². The lowest BCUT2D eigenvalue weighted by atomic mass is 10.1. The quantitative estimate of drug-likeness (QED) is 0.719. The van der Waals surface area contributed by atoms with E-state index in [1.54, 1.807) is 10.8 Å². The van der Waals surface area contributed by atoms with E-state index in [1.165, 1.54) is 0 Å². The van der Waals surface area contributed by atoms with Crippen LogP contribution in [0.1, 0.15) is 37.6 Å². The molecule has 1 fully saturated rings. The van der Waals surface area contributed by atoms with Crippen LogP contribution in [0.2, 0.25) is 0 Å². The zero-order valence-corrected chi connectivity index (χ0v) is 15.4. The van der Waals surface area contributed by atoms with Crippen LogP contribution in [0.3, 0.4) is 0 Å². The minimum absolute atomic E-state index is 0.369. The SMILES string of the molecule is CC(C)c1cc(N2CCCN(Cc3ccccn3)CC2)c2nncn2n1. The molecule has 0 amide bonds. The molecule has 0 saturated carbocycles. The van der Waals surface area contributed by atoms with Crippen LogP contribution in [0, 0.1) is 0 Å². The molecule has 1 aliphatic rings. The smallest absolute Gasteiger partial charge is 0.200 e. The van der Waals surface area contributed by atoms with Crippen molar-refractivity contribution in [3.63, 3.8) is 0 Å². The summed E-state index contributed by atoms with van der Waals surface area (Å²) in [6.07, 6.45) is 4.67. The molecule has 3 aromatic heterocycles. The molecule has 0 bridgehead atoms. The number of hydrogen-bond acceptors (Lipinski definition) is 6. The Bertz CT molecular complexity index is 859. The number of aromatic nitrogens is 5. The molecule has 26 heavy (non-hydrogen) atoms. The Morgan fingerprint density at radius 1 is 1.12 bits per heavy atom. The summed E-state index contributed by atoms with van der Waals surface area (Å²) in [5.74, 6) is 0.369. The summed E-state index contributed by atoms with van der Waals surface area (Å²) >= 11 is 0. The molecule has 0 aliphatic carbocycles. The summed E-state index contributed by atoms with van der Waals surface area (Å²) in [6.45, 7) is 9.31. The molecule has 0 N–H and O–H groups in total. The predicted octanol–water partition coefficient (Wildman–Crippen LogP) is 2.36. The van der Waals surface area contributed by atoms with Crippen molar-refractivity contribution in [1.29, 1.82) is 0 Å². The van der Waals surface area contributed by atoms with Crippen molar-refractivity contribution in [2.45, 2.75) is 32.7 Å². The lowest BCUT2D eigenvalue weighted by Gasteiger charge is -2.24. The molecule has 4 rings (SSSR count). The van der Waals surface area contributed by atoms with Crippen molar-refractivity contribution in [3.8, 4) is 0 Å². The Kier molecular flexibility index (Phi) is 4.79. The molecule has 0 unspecified atom stereocenters. The van der Waals surface area contributed by atoms with Gasteiger partial charge in [-0.15, -0.1) is 10.2 Å². The van der Waals surface area contributed by atoms with E-state index >= 15 is 0 Å². The first-order valence-electron chi connectivity index (χ1n) is 9.29. The van der Waals surface area contributed by atoms with E-state index in [0.29, 0.717) is 5.92 Å². The summed E-state index contributed by atoms with van der Waals surface area (Å²) in [7, 11) is 0. The monoisotopic (exact) mass is 351 g/mol. The molecule has 0 atom stereocenters. The Morgan fingerprint density at radius 2 is 2.04 bits per heavy atom. The molecular formula is C19H25N7. The molecule has 0 radical (unpaired) electrons. The fraction of sp³-hybridized carbons (Fsp3) is 0.474. The number of pyridine rings is 1. The van der Waals surface area contributed by atoms with Gasteiger partial charge in [-0.25, -0.2) is 0 Å². The van der Waals surface area contributed by atoms with Crippen LogP contribution in [0.4, 0.5) is 5.69 Å². The zero-order valence-electron chi connectivity index (χ0n) is 15.4. The first-order valence-corrected chi connectivity index (χ1v) is 9.29. The fourth-order valence-electron chi connectivity index (χ4n) is 3.44. The number of anilines is 1. The van der Waals surface area contributed by atoms with Gasteiger partial charge in [0.1, 0.15) is 6.33 Å². The van der Waals surface area contributed by atoms with Gasteiger partial charge in [0.05, 0.1) is 17.1 Å². The molecule has 136 valence electrons. The minimum atomic E-state index is 0.369. The highest BCUT2D eigenvalue weighted by molar-refractivity contribution is 5.68. The number of nitrogens with zero attached hydrogens (tertiary/aromatic N) is 7. The fourth-order valence-corrected chi connectivity index (χ4v) is 3.44. The van der Waals surface area contributed by atoms with Gasteiger partial charge in [0.15, 0.2) is 0 Å². The summed E-state index contributed by atoms with van der Waals surface area (Å²) in [6, 6.07) is 8.30. The van der Waals surface area contributed by atoms with E-state index in [-0.39, 0.29) is 0 Å². The molecule has 1 aliphatic heterocycles. The van der Waals surface area contributed by atoms with Gasteiger partial charge >= 0.3 is 0 Å². The van der Waals surface area contributed by atoms with Crippen molar-refractivity contribution in [1.82, 2.24) is 29.7 Å². The lowest BCUT2D eigenvalue weighted by Crippen LogP contribution is -2.31. The third kappa shape index (κ3) is 3.53. The van der Waals surface area contributed by atoms with E-state index < -0.39 is 0 Å². The Hall–Kier alpha value is -2.54. The van der Waals surface area contributed by atoms with Crippen molar-refractivity contribution in [3.05, 3.63) is 48.2 Å². The standard InChI is InChI=1S/C19H25N7/c1-15(2)17-12-18(19-22-21-14-26(19)23-17)25-9-5-8-24(10-11-25)13-16-6-3-4-7-20-16/h3-4,6-7,12,14-15H,5,8-11,13H2,1-2H3.